The van der Waals surface area contributed by atoms with Gasteiger partial charge in [0.05, 0.1) is 33.8 Å². The fourth-order valence-corrected chi connectivity index (χ4v) is 10.3. The standard InChI is InChI=1S/C69H127N2O7P/c1-7-10-13-16-19-22-25-27-29-31-32-33-34-35-36-37-38-40-42-44-47-50-53-56-59-62-69(73)78-67(60-57-54-51-48-45-24-21-18-15-12-9-3)66(65-77-79(74,75)76-64-63-71(4,5)6)70-68(72)61-58-55-52-49-46-43-41-39-30-28-26-23-20-17-14-11-8-2/h10,13,19,22,27,29,32-33,35-36,57,60,66-67H,7-9,11-12,14-18,20-21,23-26,28,30-31,34,37-56,58-59,61-65H2,1-6H3,(H-,70,72,74,75)/p+1/b13-10-,22-19-,29-27-,33-32-,36-35-,60-57+. The predicted octanol–water partition coefficient (Wildman–Crippen LogP) is 20.8. The van der Waals surface area contributed by atoms with Crippen LogP contribution in [0.3, 0.4) is 0 Å². The molecule has 0 saturated heterocycles. The minimum Gasteiger partial charge on any atom is -0.456 e. The van der Waals surface area contributed by atoms with Crippen LogP contribution in [0.2, 0.25) is 0 Å². The van der Waals surface area contributed by atoms with Gasteiger partial charge in [-0.3, -0.25) is 18.6 Å². The van der Waals surface area contributed by atoms with Gasteiger partial charge >= 0.3 is 13.8 Å². The topological polar surface area (TPSA) is 111 Å². The lowest BCUT2D eigenvalue weighted by Crippen LogP contribution is -2.47. The zero-order chi connectivity index (χ0) is 57.9. The van der Waals surface area contributed by atoms with Crippen LogP contribution in [0.25, 0.3) is 0 Å². The normalized spacial score (nSPS) is 14.1. The van der Waals surface area contributed by atoms with Crippen LogP contribution in [-0.2, 0) is 27.9 Å². The molecule has 0 bridgehead atoms. The fraction of sp³-hybridized carbons (Fsp3) is 0.797. The molecule has 0 aromatic heterocycles. The quantitative estimate of drug-likeness (QED) is 0.0205. The van der Waals surface area contributed by atoms with Gasteiger partial charge in [-0.25, -0.2) is 4.57 Å². The van der Waals surface area contributed by atoms with Gasteiger partial charge in [-0.15, -0.1) is 0 Å². The van der Waals surface area contributed by atoms with E-state index in [1.165, 1.54) is 167 Å². The van der Waals surface area contributed by atoms with Crippen molar-refractivity contribution in [2.45, 2.75) is 315 Å². The van der Waals surface area contributed by atoms with Crippen molar-refractivity contribution in [3.05, 3.63) is 72.9 Å². The maximum Gasteiger partial charge on any atom is 0.472 e. The Balaban J connectivity index is 5.09. The number of allylic oxidation sites excluding steroid dienone is 11. The van der Waals surface area contributed by atoms with Crippen molar-refractivity contribution in [1.82, 2.24) is 5.32 Å². The number of hydrogen-bond donors (Lipinski definition) is 2. The first-order chi connectivity index (χ1) is 38.4. The highest BCUT2D eigenvalue weighted by molar-refractivity contribution is 7.47. The first-order valence-electron chi connectivity index (χ1n) is 33.3. The van der Waals surface area contributed by atoms with Gasteiger partial charge in [0.2, 0.25) is 5.91 Å². The molecule has 0 fully saturated rings. The van der Waals surface area contributed by atoms with Gasteiger partial charge in [0.1, 0.15) is 19.3 Å². The van der Waals surface area contributed by atoms with E-state index >= 15 is 0 Å². The summed E-state index contributed by atoms with van der Waals surface area (Å²) < 4.78 is 30.7. The van der Waals surface area contributed by atoms with Gasteiger partial charge < -0.3 is 19.4 Å². The summed E-state index contributed by atoms with van der Waals surface area (Å²) in [6.45, 7) is 6.92. The van der Waals surface area contributed by atoms with Gasteiger partial charge in [0.25, 0.3) is 0 Å². The summed E-state index contributed by atoms with van der Waals surface area (Å²) in [5, 5.41) is 3.06. The average molecular weight is 1130 g/mol. The zero-order valence-electron chi connectivity index (χ0n) is 52.6. The summed E-state index contributed by atoms with van der Waals surface area (Å²) in [5.74, 6) is -0.504. The molecule has 0 heterocycles. The van der Waals surface area contributed by atoms with Crippen LogP contribution >= 0.6 is 7.82 Å². The van der Waals surface area contributed by atoms with Crippen LogP contribution in [0.1, 0.15) is 303 Å². The Kier molecular flexibility index (Phi) is 56.7. The molecule has 0 rings (SSSR count). The number of likely N-dealkylation sites (N-methyl/N-ethyl adjacent to an activating group) is 1. The van der Waals surface area contributed by atoms with E-state index in [2.05, 4.69) is 86.8 Å². The third kappa shape index (κ3) is 59.9. The molecule has 460 valence electrons. The largest absolute Gasteiger partial charge is 0.472 e. The van der Waals surface area contributed by atoms with Crippen LogP contribution in [0.5, 0.6) is 0 Å². The van der Waals surface area contributed by atoms with Gasteiger partial charge in [0.15, 0.2) is 0 Å². The first-order valence-corrected chi connectivity index (χ1v) is 34.8. The molecule has 9 nitrogen and oxygen atoms in total. The van der Waals surface area contributed by atoms with E-state index in [0.29, 0.717) is 17.4 Å². The lowest BCUT2D eigenvalue weighted by molar-refractivity contribution is -0.870. The molecular weight excluding hydrogens is 1000 g/mol. The van der Waals surface area contributed by atoms with Crippen LogP contribution < -0.4 is 5.32 Å². The monoisotopic (exact) mass is 1130 g/mol. The van der Waals surface area contributed by atoms with Crippen molar-refractivity contribution in [2.24, 2.45) is 0 Å². The Labute approximate surface area is 489 Å². The number of carbonyl (C=O) groups is 2. The molecule has 0 aliphatic rings. The van der Waals surface area contributed by atoms with Crippen LogP contribution in [0.4, 0.5) is 0 Å². The maximum atomic E-state index is 13.6. The Hall–Kier alpha value is -2.55. The smallest absolute Gasteiger partial charge is 0.456 e. The fourth-order valence-electron chi connectivity index (χ4n) is 9.56. The minimum atomic E-state index is -4.45. The van der Waals surface area contributed by atoms with Gasteiger partial charge in [-0.2, -0.15) is 0 Å². The van der Waals surface area contributed by atoms with Crippen LogP contribution in [0, 0.1) is 0 Å². The second-order valence-corrected chi connectivity index (χ2v) is 25.1. The molecule has 0 saturated carbocycles. The van der Waals surface area contributed by atoms with Crippen molar-refractivity contribution < 1.29 is 37.3 Å². The predicted molar refractivity (Wildman–Crippen MR) is 341 cm³/mol. The van der Waals surface area contributed by atoms with Crippen LogP contribution in [0.15, 0.2) is 72.9 Å². The number of phosphoric ester groups is 1. The number of quaternary nitrogens is 1. The highest BCUT2D eigenvalue weighted by Crippen LogP contribution is 2.43. The van der Waals surface area contributed by atoms with Gasteiger partial charge in [-0.05, 0) is 76.7 Å². The van der Waals surface area contributed by atoms with E-state index in [4.69, 9.17) is 13.8 Å². The number of nitrogens with zero attached hydrogens (tertiary/aromatic N) is 1. The second kappa shape index (κ2) is 58.6. The summed E-state index contributed by atoms with van der Waals surface area (Å²) in [6, 6.07) is -0.851. The van der Waals surface area contributed by atoms with Gasteiger partial charge in [-0.1, -0.05) is 287 Å². The molecule has 0 aliphatic heterocycles. The maximum absolute atomic E-state index is 13.6. The summed E-state index contributed by atoms with van der Waals surface area (Å²) in [6.07, 6.45) is 76.2. The molecule has 3 unspecified atom stereocenters. The average Bonchev–Trinajstić information content (AvgIpc) is 3.41. The number of unbranched alkanes of at least 4 members (excludes halogenated alkanes) is 34. The highest BCUT2D eigenvalue weighted by Gasteiger charge is 2.30. The molecule has 2 N–H and O–H groups in total. The summed E-state index contributed by atoms with van der Waals surface area (Å²) >= 11 is 0. The van der Waals surface area contributed by atoms with E-state index in [-0.39, 0.29) is 31.5 Å². The SMILES string of the molecule is CC/C=C\C/C=C\C/C=C\C/C=C\C/C=C\CCCCCCCCCCCC(=O)OC(/C=C/CCCCCCCCCCC)C(COP(=O)(O)OCC[N+](C)(C)C)NC(=O)CCCCCCCCCCCCCCCCCCC. The Morgan fingerprint density at radius 2 is 0.810 bits per heavy atom. The molecule has 0 aromatic rings. The third-order valence-electron chi connectivity index (χ3n) is 14.7. The highest BCUT2D eigenvalue weighted by atomic mass is 31.2. The number of rotatable bonds is 60. The first kappa shape index (κ1) is 76.5. The number of ether oxygens (including phenoxy) is 1. The molecule has 0 spiro atoms. The molecule has 0 aliphatic carbocycles. The van der Waals surface area contributed by atoms with E-state index in [9.17, 15) is 19.0 Å². The number of carbonyl (C=O) groups excluding carboxylic acids is 2. The third-order valence-corrected chi connectivity index (χ3v) is 15.6. The molecule has 3 atom stereocenters. The van der Waals surface area contributed by atoms with E-state index in [1.807, 2.05) is 33.3 Å². The number of esters is 1. The minimum absolute atomic E-state index is 0.0388. The lowest BCUT2D eigenvalue weighted by Gasteiger charge is -2.27. The van der Waals surface area contributed by atoms with Crippen molar-refractivity contribution in [2.75, 3.05) is 40.9 Å². The van der Waals surface area contributed by atoms with Crippen molar-refractivity contribution in [3.63, 3.8) is 0 Å². The van der Waals surface area contributed by atoms with Crippen LogP contribution in [-0.4, -0.2) is 74.3 Å². The van der Waals surface area contributed by atoms with E-state index in [1.54, 1.807) is 0 Å². The molecule has 1 amide bonds. The summed E-state index contributed by atoms with van der Waals surface area (Å²) in [7, 11) is 1.50. The number of hydrogen-bond acceptors (Lipinski definition) is 6. The zero-order valence-corrected chi connectivity index (χ0v) is 53.5. The molecule has 0 aromatic carbocycles. The number of nitrogens with one attached hydrogen (secondary N) is 1. The lowest BCUT2D eigenvalue weighted by atomic mass is 10.0. The molecular formula is C69H128N2O7P+. The number of amides is 1. The Bertz CT molecular complexity index is 1580. The van der Waals surface area contributed by atoms with E-state index < -0.39 is 20.0 Å². The van der Waals surface area contributed by atoms with Gasteiger partial charge in [0, 0.05) is 12.8 Å². The molecule has 0 radical (unpaired) electrons. The molecule has 10 heteroatoms. The van der Waals surface area contributed by atoms with Crippen molar-refractivity contribution in [1.29, 1.82) is 0 Å². The Morgan fingerprint density at radius 3 is 1.22 bits per heavy atom. The summed E-state index contributed by atoms with van der Waals surface area (Å²) in [5.41, 5.74) is 0. The Morgan fingerprint density at radius 1 is 0.456 bits per heavy atom. The number of phosphoric acid groups is 1. The van der Waals surface area contributed by atoms with Crippen molar-refractivity contribution in [3.8, 4) is 0 Å². The second-order valence-electron chi connectivity index (χ2n) is 23.6. The van der Waals surface area contributed by atoms with Crippen molar-refractivity contribution >= 4 is 19.7 Å². The van der Waals surface area contributed by atoms with E-state index in [0.717, 1.165) is 103 Å². The molecule has 79 heavy (non-hydrogen) atoms. The summed E-state index contributed by atoms with van der Waals surface area (Å²) in [4.78, 5) is 37.8.